The van der Waals surface area contributed by atoms with Gasteiger partial charge in [0.2, 0.25) is 0 Å². The minimum absolute atomic E-state index is 0.0888. The maximum Gasteiger partial charge on any atom is 0.197 e. The molecule has 0 aliphatic carbocycles. The molecule has 104 valence electrons. The Hall–Kier alpha value is -2.43. The van der Waals surface area contributed by atoms with E-state index < -0.39 is 17.4 Å². The van der Waals surface area contributed by atoms with Gasteiger partial charge in [0.1, 0.15) is 23.1 Å². The van der Waals surface area contributed by atoms with Crippen LogP contribution in [0.4, 0.5) is 8.78 Å². The van der Waals surface area contributed by atoms with Crippen LogP contribution in [0.5, 0.6) is 11.5 Å². The van der Waals surface area contributed by atoms with E-state index in [9.17, 15) is 13.6 Å². The van der Waals surface area contributed by atoms with Crippen molar-refractivity contribution < 1.29 is 23.0 Å². The molecule has 0 fully saturated rings. The second-order valence-electron chi connectivity index (χ2n) is 4.05. The number of benzene rings is 2. The zero-order valence-electron chi connectivity index (χ0n) is 10.9. The van der Waals surface area contributed by atoms with E-state index in [4.69, 9.17) is 9.47 Å². The summed E-state index contributed by atoms with van der Waals surface area (Å²) < 4.78 is 36.5. The van der Waals surface area contributed by atoms with Crippen LogP contribution in [-0.2, 0) is 0 Å². The molecular weight excluding hydrogens is 266 g/mol. The number of rotatable bonds is 4. The molecular formula is C15H12F2O3. The van der Waals surface area contributed by atoms with Crippen molar-refractivity contribution in [2.24, 2.45) is 0 Å². The molecule has 3 nitrogen and oxygen atoms in total. The van der Waals surface area contributed by atoms with Gasteiger partial charge in [-0.15, -0.1) is 0 Å². The third-order valence-corrected chi connectivity index (χ3v) is 2.78. The lowest BCUT2D eigenvalue weighted by atomic mass is 10.0. The minimum atomic E-state index is -0.810. The van der Waals surface area contributed by atoms with E-state index in [1.807, 2.05) is 0 Å². The van der Waals surface area contributed by atoms with Crippen LogP contribution in [0.1, 0.15) is 15.9 Å². The van der Waals surface area contributed by atoms with Crippen molar-refractivity contribution in [3.8, 4) is 11.5 Å². The highest BCUT2D eigenvalue weighted by Gasteiger charge is 2.17. The lowest BCUT2D eigenvalue weighted by Crippen LogP contribution is -2.05. The normalized spacial score (nSPS) is 10.2. The van der Waals surface area contributed by atoms with Crippen LogP contribution < -0.4 is 9.47 Å². The van der Waals surface area contributed by atoms with Crippen molar-refractivity contribution in [1.82, 2.24) is 0 Å². The van der Waals surface area contributed by atoms with Crippen LogP contribution in [0.15, 0.2) is 36.4 Å². The molecule has 0 aliphatic heterocycles. The molecule has 0 aliphatic rings. The van der Waals surface area contributed by atoms with Crippen LogP contribution in [0.25, 0.3) is 0 Å². The van der Waals surface area contributed by atoms with E-state index in [2.05, 4.69) is 0 Å². The topological polar surface area (TPSA) is 35.5 Å². The highest BCUT2D eigenvalue weighted by molar-refractivity contribution is 6.11. The van der Waals surface area contributed by atoms with Crippen molar-refractivity contribution in [2.45, 2.75) is 0 Å². The van der Waals surface area contributed by atoms with E-state index in [0.717, 1.165) is 12.1 Å². The van der Waals surface area contributed by atoms with E-state index in [-0.39, 0.29) is 11.1 Å². The second kappa shape index (κ2) is 5.69. The number of carbonyl (C=O) groups excluding carboxylic acids is 1. The van der Waals surface area contributed by atoms with Crippen LogP contribution in [0, 0.1) is 11.6 Å². The zero-order chi connectivity index (χ0) is 14.7. The largest absolute Gasteiger partial charge is 0.497 e. The molecule has 0 radical (unpaired) electrons. The molecule has 0 saturated heterocycles. The predicted octanol–water partition coefficient (Wildman–Crippen LogP) is 3.21. The standard InChI is InChI=1S/C15H12F2O3/c1-19-12-3-4-14(20-2)13(8-12)15(18)9-5-10(16)7-11(17)6-9/h3-8H,1-2H3. The summed E-state index contributed by atoms with van der Waals surface area (Å²) in [6.45, 7) is 0. The molecule has 0 unspecified atom stereocenters. The first-order valence-corrected chi connectivity index (χ1v) is 5.78. The van der Waals surface area contributed by atoms with Gasteiger partial charge in [0.05, 0.1) is 19.8 Å². The van der Waals surface area contributed by atoms with Crippen LogP contribution in [-0.4, -0.2) is 20.0 Å². The number of hydrogen-bond acceptors (Lipinski definition) is 3. The van der Waals surface area contributed by atoms with E-state index in [0.29, 0.717) is 17.6 Å². The van der Waals surface area contributed by atoms with Crippen molar-refractivity contribution in [3.05, 3.63) is 59.2 Å². The third-order valence-electron chi connectivity index (χ3n) is 2.78. The Morgan fingerprint density at radius 1 is 0.950 bits per heavy atom. The van der Waals surface area contributed by atoms with Gasteiger partial charge >= 0.3 is 0 Å². The van der Waals surface area contributed by atoms with Crippen LogP contribution in [0.3, 0.4) is 0 Å². The third kappa shape index (κ3) is 2.77. The molecule has 0 atom stereocenters. The Balaban J connectivity index is 2.51. The number of carbonyl (C=O) groups is 1. The second-order valence-corrected chi connectivity index (χ2v) is 4.05. The van der Waals surface area contributed by atoms with Gasteiger partial charge in [0.25, 0.3) is 0 Å². The van der Waals surface area contributed by atoms with Crippen molar-refractivity contribution in [1.29, 1.82) is 0 Å². The Bertz CT molecular complexity index is 633. The highest BCUT2D eigenvalue weighted by Crippen LogP contribution is 2.26. The summed E-state index contributed by atoms with van der Waals surface area (Å²) in [5.41, 5.74) is 0.0888. The molecule has 2 aromatic rings. The maximum atomic E-state index is 13.2. The fraction of sp³-hybridized carbons (Fsp3) is 0.133. The number of halogens is 2. The molecule has 0 spiro atoms. The lowest BCUT2D eigenvalue weighted by molar-refractivity contribution is 0.103. The molecule has 2 rings (SSSR count). The monoisotopic (exact) mass is 278 g/mol. The van der Waals surface area contributed by atoms with Crippen molar-refractivity contribution >= 4 is 5.78 Å². The first-order chi connectivity index (χ1) is 9.55. The fourth-order valence-corrected chi connectivity index (χ4v) is 1.83. The molecule has 2 aromatic carbocycles. The van der Waals surface area contributed by atoms with Crippen molar-refractivity contribution in [2.75, 3.05) is 14.2 Å². The zero-order valence-corrected chi connectivity index (χ0v) is 10.9. The smallest absolute Gasteiger partial charge is 0.197 e. The number of ether oxygens (including phenoxy) is 2. The van der Waals surface area contributed by atoms with Gasteiger partial charge in [0, 0.05) is 11.6 Å². The Kier molecular flexibility index (Phi) is 3.98. The molecule has 0 bridgehead atoms. The quantitative estimate of drug-likeness (QED) is 0.806. The number of hydrogen-bond donors (Lipinski definition) is 0. The summed E-state index contributed by atoms with van der Waals surface area (Å²) in [6, 6.07) is 7.31. The molecule has 0 amide bonds. The SMILES string of the molecule is COc1ccc(OC)c(C(=O)c2cc(F)cc(F)c2)c1. The summed E-state index contributed by atoms with van der Waals surface area (Å²) in [7, 11) is 2.86. The van der Waals surface area contributed by atoms with Crippen molar-refractivity contribution in [3.63, 3.8) is 0 Å². The molecule has 0 N–H and O–H groups in total. The molecule has 0 heterocycles. The van der Waals surface area contributed by atoms with Gasteiger partial charge < -0.3 is 9.47 Å². The summed E-state index contributed by atoms with van der Waals surface area (Å²) in [6.07, 6.45) is 0. The summed E-state index contributed by atoms with van der Waals surface area (Å²) in [5, 5.41) is 0. The number of ketones is 1. The van der Waals surface area contributed by atoms with Gasteiger partial charge in [-0.2, -0.15) is 0 Å². The Labute approximate surface area is 114 Å². The molecule has 0 aromatic heterocycles. The molecule has 5 heteroatoms. The first-order valence-electron chi connectivity index (χ1n) is 5.78. The van der Waals surface area contributed by atoms with Crippen LogP contribution in [0.2, 0.25) is 0 Å². The Morgan fingerprint density at radius 3 is 2.15 bits per heavy atom. The van der Waals surface area contributed by atoms with Gasteiger partial charge in [0.15, 0.2) is 5.78 Å². The molecule has 0 saturated carbocycles. The highest BCUT2D eigenvalue weighted by atomic mass is 19.1. The summed E-state index contributed by atoms with van der Waals surface area (Å²) in [4.78, 5) is 12.3. The average Bonchev–Trinajstić information content (AvgIpc) is 2.44. The maximum absolute atomic E-state index is 13.2. The lowest BCUT2D eigenvalue weighted by Gasteiger charge is -2.10. The van der Waals surface area contributed by atoms with Gasteiger partial charge in [-0.3, -0.25) is 4.79 Å². The Morgan fingerprint density at radius 2 is 1.60 bits per heavy atom. The summed E-state index contributed by atoms with van der Waals surface area (Å²) in [5.74, 6) is -1.41. The average molecular weight is 278 g/mol. The van der Waals surface area contributed by atoms with E-state index in [1.165, 1.54) is 20.3 Å². The molecule has 20 heavy (non-hydrogen) atoms. The fourth-order valence-electron chi connectivity index (χ4n) is 1.83. The van der Waals surface area contributed by atoms with Crippen LogP contribution >= 0.6 is 0 Å². The predicted molar refractivity (Wildman–Crippen MR) is 69.3 cm³/mol. The van der Waals surface area contributed by atoms with Gasteiger partial charge in [-0.25, -0.2) is 8.78 Å². The number of methoxy groups -OCH3 is 2. The summed E-state index contributed by atoms with van der Waals surface area (Å²) >= 11 is 0. The first kappa shape index (κ1) is 14.0. The minimum Gasteiger partial charge on any atom is -0.497 e. The van der Waals surface area contributed by atoms with E-state index in [1.54, 1.807) is 12.1 Å². The van der Waals surface area contributed by atoms with Gasteiger partial charge in [-0.1, -0.05) is 0 Å². The van der Waals surface area contributed by atoms with E-state index >= 15 is 0 Å². The van der Waals surface area contributed by atoms with Gasteiger partial charge in [-0.05, 0) is 30.3 Å².